The molecule has 1 aliphatic rings. The van der Waals surface area contributed by atoms with Crippen molar-refractivity contribution < 1.29 is 23.5 Å². The highest BCUT2D eigenvalue weighted by molar-refractivity contribution is 5.85. The number of nitrogens with one attached hydrogen (secondary N) is 1. The van der Waals surface area contributed by atoms with Crippen molar-refractivity contribution in [1.29, 1.82) is 0 Å². The summed E-state index contributed by atoms with van der Waals surface area (Å²) in [6.45, 7) is -0.714. The lowest BCUT2D eigenvalue weighted by atomic mass is 9.82. The zero-order chi connectivity index (χ0) is 12.2. The molecule has 0 heterocycles. The van der Waals surface area contributed by atoms with Gasteiger partial charge < -0.3 is 10.4 Å². The Morgan fingerprint density at radius 3 is 2.31 bits per heavy atom. The van der Waals surface area contributed by atoms with E-state index in [4.69, 9.17) is 5.11 Å². The molecular weight excluding hydrogens is 220 g/mol. The molecule has 16 heavy (non-hydrogen) atoms. The summed E-state index contributed by atoms with van der Waals surface area (Å²) in [7, 11) is 0. The fraction of sp³-hybridized carbons (Fsp3) is 0.800. The van der Waals surface area contributed by atoms with Crippen LogP contribution in [0.3, 0.4) is 0 Å². The van der Waals surface area contributed by atoms with Crippen LogP contribution >= 0.6 is 0 Å². The lowest BCUT2D eigenvalue weighted by Gasteiger charge is -2.22. The number of hydrogen-bond acceptors (Lipinski definition) is 2. The average molecular weight is 235 g/mol. The van der Waals surface area contributed by atoms with Gasteiger partial charge in [-0.3, -0.25) is 9.59 Å². The van der Waals surface area contributed by atoms with Gasteiger partial charge in [0.05, 0.1) is 12.0 Å². The Kier molecular flexibility index (Phi) is 4.20. The number of aliphatic carboxylic acids is 1. The molecule has 0 aliphatic heterocycles. The molecule has 0 atom stereocenters. The zero-order valence-corrected chi connectivity index (χ0v) is 8.84. The van der Waals surface area contributed by atoms with Crippen molar-refractivity contribution in [2.45, 2.75) is 38.5 Å². The number of carbonyl (C=O) groups excluding carboxylic acids is 1. The van der Waals surface area contributed by atoms with E-state index in [-0.39, 0.29) is 6.42 Å². The van der Waals surface area contributed by atoms with Crippen molar-refractivity contribution in [3.63, 3.8) is 0 Å². The minimum atomic E-state index is -2.60. The second kappa shape index (κ2) is 5.23. The van der Waals surface area contributed by atoms with Crippen molar-refractivity contribution in [2.24, 2.45) is 5.41 Å². The van der Waals surface area contributed by atoms with Crippen LogP contribution in [-0.2, 0) is 9.59 Å². The second-order valence-electron chi connectivity index (χ2n) is 4.16. The molecule has 92 valence electrons. The second-order valence-corrected chi connectivity index (χ2v) is 4.16. The maximum Gasteiger partial charge on any atom is 0.310 e. The molecule has 1 amide bonds. The number of hydrogen-bond donors (Lipinski definition) is 2. The standard InChI is InChI=1S/C10H15F2NO3/c11-7(12)6-13-8(14)5-10(9(15)16)3-1-2-4-10/h7H,1-6H2,(H,13,14)(H,15,16). The number of alkyl halides is 2. The monoisotopic (exact) mass is 235 g/mol. The highest BCUT2D eigenvalue weighted by atomic mass is 19.3. The first kappa shape index (κ1) is 12.9. The maximum absolute atomic E-state index is 11.8. The summed E-state index contributed by atoms with van der Waals surface area (Å²) in [5.41, 5.74) is -1.04. The largest absolute Gasteiger partial charge is 0.481 e. The molecule has 4 nitrogen and oxygen atoms in total. The Balaban J connectivity index is 2.49. The quantitative estimate of drug-likeness (QED) is 0.757. The maximum atomic E-state index is 11.8. The van der Waals surface area contributed by atoms with Gasteiger partial charge in [-0.2, -0.15) is 0 Å². The van der Waals surface area contributed by atoms with E-state index in [0.29, 0.717) is 12.8 Å². The zero-order valence-electron chi connectivity index (χ0n) is 8.84. The molecule has 2 N–H and O–H groups in total. The molecule has 0 aromatic heterocycles. The van der Waals surface area contributed by atoms with Crippen molar-refractivity contribution in [2.75, 3.05) is 6.54 Å². The first-order chi connectivity index (χ1) is 7.46. The number of amides is 1. The molecule has 0 unspecified atom stereocenters. The fourth-order valence-electron chi connectivity index (χ4n) is 2.08. The van der Waals surface area contributed by atoms with Gasteiger partial charge >= 0.3 is 5.97 Å². The van der Waals surface area contributed by atoms with E-state index in [1.165, 1.54) is 0 Å². The Hall–Kier alpha value is -1.20. The third-order valence-electron chi connectivity index (χ3n) is 2.97. The van der Waals surface area contributed by atoms with E-state index in [2.05, 4.69) is 0 Å². The first-order valence-corrected chi connectivity index (χ1v) is 5.24. The highest BCUT2D eigenvalue weighted by Crippen LogP contribution is 2.41. The van der Waals surface area contributed by atoms with E-state index in [1.54, 1.807) is 0 Å². The summed E-state index contributed by atoms with van der Waals surface area (Å²) in [6, 6.07) is 0. The van der Waals surface area contributed by atoms with Crippen LogP contribution in [-0.4, -0.2) is 30.0 Å². The van der Waals surface area contributed by atoms with Crippen LogP contribution in [0.4, 0.5) is 8.78 Å². The lowest BCUT2D eigenvalue weighted by molar-refractivity contribution is -0.151. The molecule has 0 aromatic rings. The first-order valence-electron chi connectivity index (χ1n) is 5.24. The van der Waals surface area contributed by atoms with E-state index in [1.807, 2.05) is 5.32 Å². The van der Waals surface area contributed by atoms with Gasteiger partial charge in [0.15, 0.2) is 0 Å². The Bertz CT molecular complexity index is 275. The van der Waals surface area contributed by atoms with Crippen LogP contribution < -0.4 is 5.32 Å². The van der Waals surface area contributed by atoms with E-state index < -0.39 is 30.3 Å². The lowest BCUT2D eigenvalue weighted by Crippen LogP contribution is -2.37. The minimum absolute atomic E-state index is 0.199. The molecule has 0 spiro atoms. The summed E-state index contributed by atoms with van der Waals surface area (Å²) < 4.78 is 23.7. The molecule has 1 saturated carbocycles. The Labute approximate surface area is 92.0 Å². The normalized spacial score (nSPS) is 18.7. The van der Waals surface area contributed by atoms with Crippen molar-refractivity contribution >= 4 is 11.9 Å². The summed E-state index contributed by atoms with van der Waals surface area (Å²) in [5.74, 6) is -1.61. The Morgan fingerprint density at radius 1 is 1.31 bits per heavy atom. The van der Waals surface area contributed by atoms with Gasteiger partial charge in [-0.15, -0.1) is 0 Å². The van der Waals surface area contributed by atoms with Crippen molar-refractivity contribution in [3.05, 3.63) is 0 Å². The van der Waals surface area contributed by atoms with Crippen LogP contribution in [0.2, 0.25) is 0 Å². The third-order valence-corrected chi connectivity index (χ3v) is 2.97. The van der Waals surface area contributed by atoms with E-state index >= 15 is 0 Å². The van der Waals surface area contributed by atoms with E-state index in [9.17, 15) is 18.4 Å². The Morgan fingerprint density at radius 2 is 1.88 bits per heavy atom. The van der Waals surface area contributed by atoms with Gasteiger partial charge in [0.2, 0.25) is 5.91 Å². The third kappa shape index (κ3) is 3.15. The van der Waals surface area contributed by atoms with Crippen molar-refractivity contribution in [1.82, 2.24) is 5.32 Å². The van der Waals surface area contributed by atoms with Gasteiger partial charge in [0.25, 0.3) is 6.43 Å². The van der Waals surface area contributed by atoms with Crippen LogP contribution in [0.25, 0.3) is 0 Å². The topological polar surface area (TPSA) is 66.4 Å². The fourth-order valence-corrected chi connectivity index (χ4v) is 2.08. The highest BCUT2D eigenvalue weighted by Gasteiger charge is 2.42. The van der Waals surface area contributed by atoms with Crippen LogP contribution in [0.15, 0.2) is 0 Å². The minimum Gasteiger partial charge on any atom is -0.481 e. The summed E-state index contributed by atoms with van der Waals surface area (Å²) in [6.07, 6.45) is -0.361. The van der Waals surface area contributed by atoms with Gasteiger partial charge in [-0.25, -0.2) is 8.78 Å². The van der Waals surface area contributed by atoms with E-state index in [0.717, 1.165) is 12.8 Å². The molecule has 6 heteroatoms. The number of carboxylic acid groups (broad SMARTS) is 1. The number of carboxylic acids is 1. The molecular formula is C10H15F2NO3. The molecule has 1 aliphatic carbocycles. The van der Waals surface area contributed by atoms with Gasteiger partial charge in [-0.05, 0) is 12.8 Å². The SMILES string of the molecule is O=C(CC1(C(=O)O)CCCC1)NCC(F)F. The summed E-state index contributed by atoms with van der Waals surface area (Å²) >= 11 is 0. The number of carbonyl (C=O) groups is 2. The predicted molar refractivity (Wildman–Crippen MR) is 52.2 cm³/mol. The van der Waals surface area contributed by atoms with Crippen LogP contribution in [0, 0.1) is 5.41 Å². The molecule has 0 saturated heterocycles. The van der Waals surface area contributed by atoms with Gasteiger partial charge in [0.1, 0.15) is 0 Å². The average Bonchev–Trinajstić information content (AvgIpc) is 2.64. The van der Waals surface area contributed by atoms with Gasteiger partial charge in [-0.1, -0.05) is 12.8 Å². The molecule has 0 radical (unpaired) electrons. The van der Waals surface area contributed by atoms with Crippen LogP contribution in [0.1, 0.15) is 32.1 Å². The molecule has 1 rings (SSSR count). The predicted octanol–water partition coefficient (Wildman–Crippen LogP) is 1.40. The number of rotatable bonds is 5. The van der Waals surface area contributed by atoms with Gasteiger partial charge in [0, 0.05) is 6.42 Å². The molecule has 0 aromatic carbocycles. The summed E-state index contributed by atoms with van der Waals surface area (Å²) in [4.78, 5) is 22.4. The van der Waals surface area contributed by atoms with Crippen molar-refractivity contribution in [3.8, 4) is 0 Å². The van der Waals surface area contributed by atoms with Crippen LogP contribution in [0.5, 0.6) is 0 Å². The number of halogens is 2. The molecule has 0 bridgehead atoms. The smallest absolute Gasteiger partial charge is 0.310 e. The molecule has 1 fully saturated rings. The summed E-state index contributed by atoms with van der Waals surface area (Å²) in [5, 5.41) is 11.1.